The lowest BCUT2D eigenvalue weighted by Crippen LogP contribution is -2.02. The molecule has 0 radical (unpaired) electrons. The van der Waals surface area contributed by atoms with Gasteiger partial charge in [0, 0.05) is 32.6 Å². The Morgan fingerprint density at radius 2 is 1.12 bits per heavy atom. The van der Waals surface area contributed by atoms with Crippen LogP contribution in [0, 0.1) is 17.9 Å². The molecular weight excluding hydrogens is 488 g/mol. The van der Waals surface area contributed by atoms with E-state index in [0.717, 1.165) is 60.1 Å². The van der Waals surface area contributed by atoms with E-state index in [-0.39, 0.29) is 0 Å². The molecule has 0 bridgehead atoms. The average Bonchev–Trinajstić information content (AvgIpc) is 3.54. The van der Waals surface area contributed by atoms with Crippen molar-refractivity contribution in [3.8, 4) is 17.4 Å². The first-order valence-electron chi connectivity index (χ1n) is 13.1. The average molecular weight is 509 g/mol. The maximum absolute atomic E-state index is 10.5. The van der Waals surface area contributed by atoms with Gasteiger partial charge in [-0.2, -0.15) is 5.26 Å². The van der Waals surface area contributed by atoms with Gasteiger partial charge >= 0.3 is 0 Å². The minimum absolute atomic E-state index is 0.437. The highest BCUT2D eigenvalue weighted by molar-refractivity contribution is 6.18. The van der Waals surface area contributed by atoms with Crippen LogP contribution in [0.25, 0.3) is 70.6 Å². The Kier molecular flexibility index (Phi) is 4.62. The Hall–Kier alpha value is -5.84. The third-order valence-electron chi connectivity index (χ3n) is 7.94. The first kappa shape index (κ1) is 22.2. The molecule has 4 heteroatoms. The third-order valence-corrected chi connectivity index (χ3v) is 7.94. The van der Waals surface area contributed by atoms with E-state index >= 15 is 0 Å². The van der Waals surface area contributed by atoms with E-state index in [1.54, 1.807) is 0 Å². The Morgan fingerprint density at radius 1 is 0.575 bits per heavy atom. The quantitative estimate of drug-likeness (QED) is 0.214. The lowest BCUT2D eigenvalue weighted by Gasteiger charge is -2.16. The van der Waals surface area contributed by atoms with Gasteiger partial charge in [-0.3, -0.25) is 0 Å². The molecular formula is C36H20N4. The third kappa shape index (κ3) is 2.93. The Balaban J connectivity index is 1.52. The molecule has 2 aromatic heterocycles. The lowest BCUT2D eigenvalue weighted by molar-refractivity contribution is 1.14. The Labute approximate surface area is 230 Å². The summed E-state index contributed by atoms with van der Waals surface area (Å²) in [4.78, 5) is 4.01. The summed E-state index contributed by atoms with van der Waals surface area (Å²) in [5, 5.41) is 17.3. The summed E-state index contributed by atoms with van der Waals surface area (Å²) in [7, 11) is 0. The molecule has 184 valence electrons. The number of rotatable bonds is 2. The summed E-state index contributed by atoms with van der Waals surface area (Å²) in [6, 6.07) is 43.7. The summed E-state index contributed by atoms with van der Waals surface area (Å²) in [5.41, 5.74) is 6.37. The molecule has 0 N–H and O–H groups in total. The second-order valence-electron chi connectivity index (χ2n) is 9.99. The van der Waals surface area contributed by atoms with Crippen LogP contribution in [-0.4, -0.2) is 9.13 Å². The van der Waals surface area contributed by atoms with Crippen molar-refractivity contribution in [3.05, 3.63) is 138 Å². The van der Waals surface area contributed by atoms with Gasteiger partial charge in [0.25, 0.3) is 0 Å². The molecule has 2 heterocycles. The molecule has 8 rings (SSSR count). The zero-order valence-electron chi connectivity index (χ0n) is 21.3. The highest BCUT2D eigenvalue weighted by Crippen LogP contribution is 2.41. The molecule has 0 fully saturated rings. The van der Waals surface area contributed by atoms with Crippen molar-refractivity contribution in [2.45, 2.75) is 0 Å². The molecule has 0 aliphatic rings. The van der Waals surface area contributed by atoms with Gasteiger partial charge in [0.2, 0.25) is 5.69 Å². The van der Waals surface area contributed by atoms with Crippen LogP contribution in [0.1, 0.15) is 5.56 Å². The predicted octanol–water partition coefficient (Wildman–Crippen LogP) is 9.46. The topological polar surface area (TPSA) is 38.0 Å². The second-order valence-corrected chi connectivity index (χ2v) is 9.99. The molecule has 4 nitrogen and oxygen atoms in total. The summed E-state index contributed by atoms with van der Waals surface area (Å²) >= 11 is 0. The fraction of sp³-hybridized carbons (Fsp3) is 0. The normalized spacial score (nSPS) is 11.4. The fourth-order valence-corrected chi connectivity index (χ4v) is 6.30. The molecule has 0 aliphatic carbocycles. The van der Waals surface area contributed by atoms with Crippen molar-refractivity contribution < 1.29 is 0 Å². The Morgan fingerprint density at radius 3 is 1.75 bits per heavy atom. The number of nitriles is 1. The first-order valence-corrected chi connectivity index (χ1v) is 13.1. The minimum atomic E-state index is 0.437. The van der Waals surface area contributed by atoms with Crippen LogP contribution in [0.4, 0.5) is 5.69 Å². The van der Waals surface area contributed by atoms with Crippen molar-refractivity contribution in [1.29, 1.82) is 5.26 Å². The lowest BCUT2D eigenvalue weighted by atomic mass is 10.1. The summed E-state index contributed by atoms with van der Waals surface area (Å²) in [6.07, 6.45) is 0. The van der Waals surface area contributed by atoms with Crippen LogP contribution in [0.5, 0.6) is 0 Å². The highest BCUT2D eigenvalue weighted by atomic mass is 15.0. The van der Waals surface area contributed by atoms with Gasteiger partial charge in [0.1, 0.15) is 6.07 Å². The largest absolute Gasteiger partial charge is 0.318 e. The Bertz CT molecular complexity index is 2320. The van der Waals surface area contributed by atoms with Gasteiger partial charge in [0.15, 0.2) is 0 Å². The smallest absolute Gasteiger partial charge is 0.214 e. The summed E-state index contributed by atoms with van der Waals surface area (Å²) in [6.45, 7) is 8.25. The maximum atomic E-state index is 10.5. The number of hydrogen-bond acceptors (Lipinski definition) is 1. The highest BCUT2D eigenvalue weighted by Gasteiger charge is 2.21. The molecule has 0 atom stereocenters. The van der Waals surface area contributed by atoms with Gasteiger partial charge in [-0.15, -0.1) is 0 Å². The molecule has 40 heavy (non-hydrogen) atoms. The van der Waals surface area contributed by atoms with Crippen LogP contribution < -0.4 is 0 Å². The van der Waals surface area contributed by atoms with E-state index in [1.807, 2.05) is 48.5 Å². The van der Waals surface area contributed by atoms with Crippen molar-refractivity contribution in [2.24, 2.45) is 0 Å². The van der Waals surface area contributed by atoms with Crippen LogP contribution in [0.15, 0.2) is 121 Å². The van der Waals surface area contributed by atoms with Crippen molar-refractivity contribution in [3.63, 3.8) is 0 Å². The van der Waals surface area contributed by atoms with Crippen molar-refractivity contribution in [1.82, 2.24) is 9.13 Å². The van der Waals surface area contributed by atoms with Crippen LogP contribution in [0.2, 0.25) is 0 Å². The van der Waals surface area contributed by atoms with E-state index in [2.05, 4.69) is 92.8 Å². The molecule has 0 unspecified atom stereocenters. The zero-order valence-corrected chi connectivity index (χ0v) is 21.3. The number of para-hydroxylation sites is 3. The number of aromatic nitrogens is 2. The maximum Gasteiger partial charge on any atom is 0.214 e. The fourth-order valence-electron chi connectivity index (χ4n) is 6.30. The molecule has 0 aliphatic heterocycles. The van der Waals surface area contributed by atoms with E-state index in [4.69, 9.17) is 6.57 Å². The molecule has 0 amide bonds. The second kappa shape index (κ2) is 8.33. The van der Waals surface area contributed by atoms with Gasteiger partial charge in [-0.05, 0) is 35.7 Å². The van der Waals surface area contributed by atoms with E-state index in [1.165, 1.54) is 0 Å². The standard InChI is InChI=1S/C36H20N4/c1-38-31-21-25(39-32-15-7-6-14-29(32)30-19-18-23-10-2-3-11-26(23)36(30)39)20-24(22-37)35(31)40-33-16-8-4-12-27(33)28-13-5-9-17-34(28)40/h2-21H. The monoisotopic (exact) mass is 508 g/mol. The van der Waals surface area contributed by atoms with Crippen LogP contribution in [0.3, 0.4) is 0 Å². The van der Waals surface area contributed by atoms with E-state index < -0.39 is 0 Å². The van der Waals surface area contributed by atoms with Gasteiger partial charge in [-0.25, -0.2) is 4.85 Å². The minimum Gasteiger partial charge on any atom is -0.318 e. The molecule has 0 spiro atoms. The number of benzene rings is 6. The number of fused-ring (bicyclic) bond motifs is 8. The molecule has 0 saturated heterocycles. The van der Waals surface area contributed by atoms with Crippen LogP contribution >= 0.6 is 0 Å². The van der Waals surface area contributed by atoms with E-state index in [9.17, 15) is 5.26 Å². The van der Waals surface area contributed by atoms with Gasteiger partial charge < -0.3 is 9.13 Å². The SMILES string of the molecule is [C-]#[N+]c1cc(-n2c3ccccc3c3ccc4ccccc4c32)cc(C#N)c1-n1c2ccccc2c2ccccc21. The van der Waals surface area contributed by atoms with Crippen molar-refractivity contribution in [2.75, 3.05) is 0 Å². The molecule has 8 aromatic rings. The molecule has 0 saturated carbocycles. The predicted molar refractivity (Wildman–Crippen MR) is 164 cm³/mol. The number of hydrogen-bond donors (Lipinski definition) is 0. The van der Waals surface area contributed by atoms with E-state index in [0.29, 0.717) is 16.9 Å². The van der Waals surface area contributed by atoms with Crippen molar-refractivity contribution >= 4 is 60.1 Å². The number of nitrogens with zero attached hydrogens (tertiary/aromatic N) is 4. The molecule has 6 aromatic carbocycles. The zero-order chi connectivity index (χ0) is 26.8. The van der Waals surface area contributed by atoms with Gasteiger partial charge in [-0.1, -0.05) is 91.0 Å². The summed E-state index contributed by atoms with van der Waals surface area (Å²) in [5.74, 6) is 0. The summed E-state index contributed by atoms with van der Waals surface area (Å²) < 4.78 is 4.28. The van der Waals surface area contributed by atoms with Gasteiger partial charge in [0.05, 0.1) is 39.9 Å². The van der Waals surface area contributed by atoms with Crippen LogP contribution in [-0.2, 0) is 0 Å². The first-order chi connectivity index (χ1) is 19.8.